The highest BCUT2D eigenvalue weighted by molar-refractivity contribution is 5.56. The molecule has 0 aromatic heterocycles. The van der Waals surface area contributed by atoms with Gasteiger partial charge in [0.15, 0.2) is 0 Å². The lowest BCUT2D eigenvalue weighted by molar-refractivity contribution is -0.137. The fraction of sp³-hybridized carbons (Fsp3) is 0.625. The number of rotatable bonds is 3. The van der Waals surface area contributed by atoms with E-state index >= 15 is 0 Å². The summed E-state index contributed by atoms with van der Waals surface area (Å²) in [6.07, 6.45) is -1.41. The molecule has 1 heterocycles. The number of benzene rings is 1. The number of piperidine rings is 1. The van der Waals surface area contributed by atoms with Gasteiger partial charge in [-0.3, -0.25) is 0 Å². The van der Waals surface area contributed by atoms with E-state index in [9.17, 15) is 13.2 Å². The lowest BCUT2D eigenvalue weighted by Gasteiger charge is -2.40. The van der Waals surface area contributed by atoms with Crippen LogP contribution in [0, 0.1) is 5.41 Å². The SMILES string of the molecule is CCC1(C)CCN(c2ccc(CN)cc2C(F)(F)F)CC1. The smallest absolute Gasteiger partial charge is 0.371 e. The second-order valence-corrected chi connectivity index (χ2v) is 6.20. The summed E-state index contributed by atoms with van der Waals surface area (Å²) in [7, 11) is 0. The van der Waals surface area contributed by atoms with Gasteiger partial charge in [0.25, 0.3) is 0 Å². The van der Waals surface area contributed by atoms with Crippen LogP contribution in [0.3, 0.4) is 0 Å². The van der Waals surface area contributed by atoms with Crippen LogP contribution in [0.5, 0.6) is 0 Å². The van der Waals surface area contributed by atoms with Gasteiger partial charge in [-0.2, -0.15) is 13.2 Å². The molecule has 0 unspecified atom stereocenters. The van der Waals surface area contributed by atoms with Gasteiger partial charge in [0, 0.05) is 25.3 Å². The Balaban J connectivity index is 2.28. The third kappa shape index (κ3) is 3.51. The van der Waals surface area contributed by atoms with E-state index in [1.165, 1.54) is 6.07 Å². The lowest BCUT2D eigenvalue weighted by atomic mass is 9.78. The summed E-state index contributed by atoms with van der Waals surface area (Å²) in [5.74, 6) is 0. The van der Waals surface area contributed by atoms with Gasteiger partial charge >= 0.3 is 6.18 Å². The van der Waals surface area contributed by atoms with Crippen LogP contribution in [0.4, 0.5) is 18.9 Å². The molecule has 21 heavy (non-hydrogen) atoms. The number of nitrogens with two attached hydrogens (primary N) is 1. The van der Waals surface area contributed by atoms with Gasteiger partial charge in [0.1, 0.15) is 0 Å². The third-order valence-electron chi connectivity index (χ3n) is 4.77. The van der Waals surface area contributed by atoms with Crippen LogP contribution in [-0.2, 0) is 12.7 Å². The molecule has 0 atom stereocenters. The highest BCUT2D eigenvalue weighted by atomic mass is 19.4. The zero-order valence-corrected chi connectivity index (χ0v) is 12.6. The van der Waals surface area contributed by atoms with Crippen molar-refractivity contribution in [1.29, 1.82) is 0 Å². The maximum absolute atomic E-state index is 13.3. The molecule has 0 radical (unpaired) electrons. The van der Waals surface area contributed by atoms with Gasteiger partial charge in [-0.05, 0) is 36.0 Å². The first-order chi connectivity index (χ1) is 9.79. The first kappa shape index (κ1) is 16.1. The van der Waals surface area contributed by atoms with Gasteiger partial charge in [0.05, 0.1) is 5.56 Å². The molecule has 118 valence electrons. The predicted molar refractivity (Wildman–Crippen MR) is 79.2 cm³/mol. The Morgan fingerprint density at radius 3 is 2.33 bits per heavy atom. The molecule has 1 aromatic rings. The molecule has 1 aromatic carbocycles. The summed E-state index contributed by atoms with van der Waals surface area (Å²) in [4.78, 5) is 1.86. The molecule has 0 aliphatic carbocycles. The number of halogens is 3. The topological polar surface area (TPSA) is 29.3 Å². The van der Waals surface area contributed by atoms with Crippen LogP contribution in [0.25, 0.3) is 0 Å². The average molecular weight is 300 g/mol. The second-order valence-electron chi connectivity index (χ2n) is 6.20. The molecule has 0 saturated carbocycles. The fourth-order valence-electron chi connectivity index (χ4n) is 2.85. The zero-order valence-electron chi connectivity index (χ0n) is 12.6. The maximum Gasteiger partial charge on any atom is 0.418 e. The number of anilines is 1. The molecule has 1 fully saturated rings. The molecule has 1 saturated heterocycles. The van der Waals surface area contributed by atoms with E-state index in [4.69, 9.17) is 5.73 Å². The molecule has 0 bridgehead atoms. The van der Waals surface area contributed by atoms with Crippen molar-refractivity contribution in [3.8, 4) is 0 Å². The minimum atomic E-state index is -4.34. The number of hydrogen-bond donors (Lipinski definition) is 1. The Morgan fingerprint density at radius 2 is 1.86 bits per heavy atom. The predicted octanol–water partition coefficient (Wildman–Crippen LogP) is 4.18. The number of hydrogen-bond acceptors (Lipinski definition) is 2. The Kier molecular flexibility index (Phi) is 4.51. The first-order valence-corrected chi connectivity index (χ1v) is 7.44. The van der Waals surface area contributed by atoms with Crippen LogP contribution < -0.4 is 10.6 Å². The van der Waals surface area contributed by atoms with Gasteiger partial charge in [-0.1, -0.05) is 26.3 Å². The summed E-state index contributed by atoms with van der Waals surface area (Å²) in [6.45, 7) is 5.83. The Bertz CT molecular complexity index is 489. The van der Waals surface area contributed by atoms with Crippen molar-refractivity contribution < 1.29 is 13.2 Å². The van der Waals surface area contributed by atoms with E-state index in [0.29, 0.717) is 18.7 Å². The van der Waals surface area contributed by atoms with E-state index in [-0.39, 0.29) is 17.6 Å². The molecule has 5 heteroatoms. The van der Waals surface area contributed by atoms with E-state index in [1.54, 1.807) is 12.1 Å². The van der Waals surface area contributed by atoms with E-state index < -0.39 is 11.7 Å². The van der Waals surface area contributed by atoms with E-state index in [1.807, 2.05) is 4.90 Å². The molecule has 2 N–H and O–H groups in total. The van der Waals surface area contributed by atoms with Crippen LogP contribution in [0.1, 0.15) is 44.2 Å². The fourth-order valence-corrected chi connectivity index (χ4v) is 2.85. The summed E-state index contributed by atoms with van der Waals surface area (Å²) in [5.41, 5.74) is 5.96. The highest BCUT2D eigenvalue weighted by Gasteiger charge is 2.37. The first-order valence-electron chi connectivity index (χ1n) is 7.44. The molecular weight excluding hydrogens is 277 g/mol. The summed E-state index contributed by atoms with van der Waals surface area (Å²) in [5, 5.41) is 0. The van der Waals surface area contributed by atoms with Crippen LogP contribution in [0.15, 0.2) is 18.2 Å². The normalized spacial score (nSPS) is 18.9. The largest absolute Gasteiger partial charge is 0.418 e. The molecule has 1 aliphatic rings. The average Bonchev–Trinajstić information content (AvgIpc) is 2.46. The molecule has 1 aliphatic heterocycles. The van der Waals surface area contributed by atoms with Gasteiger partial charge < -0.3 is 10.6 Å². The van der Waals surface area contributed by atoms with Gasteiger partial charge in [0.2, 0.25) is 0 Å². The van der Waals surface area contributed by atoms with E-state index in [2.05, 4.69) is 13.8 Å². The van der Waals surface area contributed by atoms with Gasteiger partial charge in [-0.25, -0.2) is 0 Å². The Hall–Kier alpha value is -1.23. The van der Waals surface area contributed by atoms with Gasteiger partial charge in [-0.15, -0.1) is 0 Å². The second kappa shape index (κ2) is 5.87. The quantitative estimate of drug-likeness (QED) is 0.907. The van der Waals surface area contributed by atoms with Crippen molar-refractivity contribution in [3.05, 3.63) is 29.3 Å². The molecule has 0 spiro atoms. The van der Waals surface area contributed by atoms with Crippen molar-refractivity contribution in [2.75, 3.05) is 18.0 Å². The highest BCUT2D eigenvalue weighted by Crippen LogP contribution is 2.41. The van der Waals surface area contributed by atoms with Crippen molar-refractivity contribution in [2.24, 2.45) is 11.1 Å². The zero-order chi connectivity index (χ0) is 15.7. The molecule has 0 amide bonds. The third-order valence-corrected chi connectivity index (χ3v) is 4.77. The maximum atomic E-state index is 13.3. The monoisotopic (exact) mass is 300 g/mol. The Labute approximate surface area is 124 Å². The summed E-state index contributed by atoms with van der Waals surface area (Å²) in [6, 6.07) is 4.45. The van der Waals surface area contributed by atoms with Crippen molar-refractivity contribution in [1.82, 2.24) is 0 Å². The lowest BCUT2D eigenvalue weighted by Crippen LogP contribution is -2.39. The van der Waals surface area contributed by atoms with Crippen LogP contribution in [0.2, 0.25) is 0 Å². The van der Waals surface area contributed by atoms with Crippen molar-refractivity contribution in [3.63, 3.8) is 0 Å². The minimum Gasteiger partial charge on any atom is -0.371 e. The van der Waals surface area contributed by atoms with Crippen molar-refractivity contribution in [2.45, 2.75) is 45.8 Å². The summed E-state index contributed by atoms with van der Waals surface area (Å²) < 4.78 is 39.8. The standard InChI is InChI=1S/C16H23F3N2/c1-3-15(2)6-8-21(9-7-15)14-5-4-12(11-20)10-13(14)16(17,18)19/h4-5,10H,3,6-9,11,20H2,1-2H3. The van der Waals surface area contributed by atoms with Crippen LogP contribution in [-0.4, -0.2) is 13.1 Å². The van der Waals surface area contributed by atoms with Crippen molar-refractivity contribution >= 4 is 5.69 Å². The Morgan fingerprint density at radius 1 is 1.24 bits per heavy atom. The molecule has 2 nitrogen and oxygen atoms in total. The van der Waals surface area contributed by atoms with Crippen LogP contribution >= 0.6 is 0 Å². The number of alkyl halides is 3. The minimum absolute atomic E-state index is 0.122. The molecular formula is C16H23F3N2. The molecule has 2 rings (SSSR count). The summed E-state index contributed by atoms with van der Waals surface area (Å²) >= 11 is 0. The number of nitrogens with zero attached hydrogens (tertiary/aromatic N) is 1. The van der Waals surface area contributed by atoms with E-state index in [0.717, 1.165) is 19.3 Å².